The highest BCUT2D eigenvalue weighted by atomic mass is 15.0. The molecule has 0 unspecified atom stereocenters. The molecule has 4 aromatic heterocycles. The van der Waals surface area contributed by atoms with Gasteiger partial charge in [-0.1, -0.05) is 139 Å². The molecule has 0 spiro atoms. The van der Waals surface area contributed by atoms with Crippen LogP contribution in [0.5, 0.6) is 0 Å². The predicted octanol–water partition coefficient (Wildman–Crippen LogP) is 14.5. The zero-order valence-electron chi connectivity index (χ0n) is 47.8. The topological polar surface area (TPSA) is 53.5 Å². The molecule has 0 fully saturated rings. The van der Waals surface area contributed by atoms with Crippen LogP contribution in [-0.4, -0.2) is 28.7 Å². The highest BCUT2D eigenvalue weighted by Gasteiger charge is 2.19. The number of benzene rings is 9. The van der Waals surface area contributed by atoms with Crippen molar-refractivity contribution in [3.8, 4) is 51.2 Å². The van der Waals surface area contributed by atoms with E-state index in [1.54, 1.807) is 24.3 Å². The molecule has 0 bridgehead atoms. The molecule has 0 N–H and O–H groups in total. The summed E-state index contributed by atoms with van der Waals surface area (Å²) in [5.41, 5.74) is 4.05. The molecule has 6 nitrogen and oxygen atoms in total. The lowest BCUT2D eigenvalue weighted by atomic mass is 10.1. The Bertz CT molecular complexity index is 4690. The number of aromatic nitrogens is 6. The summed E-state index contributed by atoms with van der Waals surface area (Å²) in [4.78, 5) is 15.1. The second kappa shape index (κ2) is 14.2. The van der Waals surface area contributed by atoms with Gasteiger partial charge >= 0.3 is 0 Å². The molecule has 0 saturated carbocycles. The summed E-state index contributed by atoms with van der Waals surface area (Å²) in [6.45, 7) is 1.53. The van der Waals surface area contributed by atoms with Gasteiger partial charge in [-0.25, -0.2) is 15.0 Å². The molecule has 9 aromatic carbocycles. The van der Waals surface area contributed by atoms with Crippen molar-refractivity contribution in [2.24, 2.45) is 0 Å². The smallest absolute Gasteiger partial charge is 0.164 e. The highest BCUT2D eigenvalue weighted by Crippen LogP contribution is 2.39. The van der Waals surface area contributed by atoms with E-state index in [0.717, 1.165) is 37.6 Å². The summed E-state index contributed by atoms with van der Waals surface area (Å²) in [6, 6.07) is 32.8. The van der Waals surface area contributed by atoms with Crippen molar-refractivity contribution < 1.29 is 19.2 Å². The Kier molecular flexibility index (Phi) is 5.50. The van der Waals surface area contributed by atoms with E-state index in [2.05, 4.69) is 28.8 Å². The SMILES string of the molecule is [2H]c1c(C)c([2H])c2c(c1[2H])c1c([2H])c(-n3c4c([2H])c([2H])c([2H])c([2H])c4c4c([2H])c([2H])c([2H])c([2H])c43)c([2H])c([2H])c1n2-c1cccc(-c2nc(-c3ccccc3)nc(-c3cccc(-n4c5ccccc5c5ccccc54)c3)n2)c1. The fourth-order valence-electron chi connectivity index (χ4n) is 8.82. The maximum absolute atomic E-state index is 10.1. The van der Waals surface area contributed by atoms with Gasteiger partial charge in [0.15, 0.2) is 17.5 Å². The van der Waals surface area contributed by atoms with E-state index in [-0.39, 0.29) is 67.1 Å². The molecule has 0 saturated heterocycles. The Morgan fingerprint density at radius 1 is 0.344 bits per heavy atom. The first-order valence-electron chi connectivity index (χ1n) is 27.6. The van der Waals surface area contributed by atoms with Gasteiger partial charge < -0.3 is 13.7 Å². The van der Waals surface area contributed by atoms with E-state index in [4.69, 9.17) is 27.3 Å². The van der Waals surface area contributed by atoms with Gasteiger partial charge in [-0.2, -0.15) is 0 Å². The molecule has 0 aliphatic heterocycles. The van der Waals surface area contributed by atoms with Crippen molar-refractivity contribution in [3.05, 3.63) is 218 Å². The Hall–Kier alpha value is -8.61. The molecule has 0 atom stereocenters. The van der Waals surface area contributed by atoms with Gasteiger partial charge in [-0.05, 0) is 85.1 Å². The van der Waals surface area contributed by atoms with Crippen molar-refractivity contribution in [2.45, 2.75) is 6.92 Å². The molecule has 64 heavy (non-hydrogen) atoms. The fourth-order valence-corrected chi connectivity index (χ4v) is 8.82. The van der Waals surface area contributed by atoms with Crippen LogP contribution >= 0.6 is 0 Å². The summed E-state index contributed by atoms with van der Waals surface area (Å²) in [5, 5.41) is 1.43. The Morgan fingerprint density at radius 2 is 0.828 bits per heavy atom. The molecular formula is C58H38N6. The number of nitrogens with zero attached hydrogens (tertiary/aromatic N) is 6. The molecule has 13 rings (SSSR count). The van der Waals surface area contributed by atoms with E-state index in [1.807, 2.05) is 78.9 Å². The van der Waals surface area contributed by atoms with Crippen LogP contribution in [-0.2, 0) is 0 Å². The van der Waals surface area contributed by atoms with Crippen LogP contribution in [0, 0.1) is 6.92 Å². The van der Waals surface area contributed by atoms with Crippen LogP contribution in [0.15, 0.2) is 212 Å². The summed E-state index contributed by atoms with van der Waals surface area (Å²) < 4.78 is 133. The summed E-state index contributed by atoms with van der Waals surface area (Å²) in [5.74, 6) is 1.01. The highest BCUT2D eigenvalue weighted by molar-refractivity contribution is 6.13. The molecule has 13 aromatic rings. The third-order valence-corrected chi connectivity index (χ3v) is 11.6. The minimum atomic E-state index is -0.704. The summed E-state index contributed by atoms with van der Waals surface area (Å²) in [7, 11) is 0. The largest absolute Gasteiger partial charge is 0.309 e. The van der Waals surface area contributed by atoms with E-state index >= 15 is 0 Å². The summed E-state index contributed by atoms with van der Waals surface area (Å²) >= 11 is 0. The van der Waals surface area contributed by atoms with Crippen LogP contribution in [0.25, 0.3) is 117 Å². The minimum Gasteiger partial charge on any atom is -0.309 e. The van der Waals surface area contributed by atoms with Crippen molar-refractivity contribution in [2.75, 3.05) is 0 Å². The van der Waals surface area contributed by atoms with Gasteiger partial charge in [0.05, 0.1) is 52.3 Å². The normalized spacial score (nSPS) is 14.9. The van der Waals surface area contributed by atoms with Crippen LogP contribution in [0.2, 0.25) is 0 Å². The van der Waals surface area contributed by atoms with Gasteiger partial charge in [0, 0.05) is 66.1 Å². The third-order valence-electron chi connectivity index (χ3n) is 11.6. The lowest BCUT2D eigenvalue weighted by molar-refractivity contribution is 1.07. The molecule has 6 heteroatoms. The first kappa shape index (κ1) is 24.7. The first-order valence-corrected chi connectivity index (χ1v) is 20.6. The maximum atomic E-state index is 10.1. The number of hydrogen-bond acceptors (Lipinski definition) is 3. The van der Waals surface area contributed by atoms with Gasteiger partial charge in [0.1, 0.15) is 0 Å². The summed E-state index contributed by atoms with van der Waals surface area (Å²) in [6.07, 6.45) is 0. The van der Waals surface area contributed by atoms with E-state index in [1.165, 1.54) is 11.5 Å². The van der Waals surface area contributed by atoms with Crippen LogP contribution in [0.3, 0.4) is 0 Å². The second-order valence-corrected chi connectivity index (χ2v) is 15.4. The number of fused-ring (bicyclic) bond motifs is 9. The van der Waals surface area contributed by atoms with E-state index in [0.29, 0.717) is 28.5 Å². The van der Waals surface area contributed by atoms with Gasteiger partial charge in [0.2, 0.25) is 0 Å². The van der Waals surface area contributed by atoms with Crippen molar-refractivity contribution in [1.29, 1.82) is 0 Å². The molecule has 0 aliphatic carbocycles. The zero-order valence-corrected chi connectivity index (χ0v) is 33.8. The average Bonchev–Trinajstić information content (AvgIpc) is 3.95. The second-order valence-electron chi connectivity index (χ2n) is 15.4. The van der Waals surface area contributed by atoms with Crippen LogP contribution in [0.1, 0.15) is 24.8 Å². The molecule has 4 heterocycles. The maximum Gasteiger partial charge on any atom is 0.164 e. The van der Waals surface area contributed by atoms with Gasteiger partial charge in [-0.3, -0.25) is 0 Å². The molecule has 300 valence electrons. The molecule has 0 amide bonds. The van der Waals surface area contributed by atoms with Crippen molar-refractivity contribution in [1.82, 2.24) is 28.7 Å². The predicted molar refractivity (Wildman–Crippen MR) is 264 cm³/mol. The van der Waals surface area contributed by atoms with Crippen molar-refractivity contribution >= 4 is 65.4 Å². The quantitative estimate of drug-likeness (QED) is 0.168. The van der Waals surface area contributed by atoms with E-state index in [9.17, 15) is 6.85 Å². The number of para-hydroxylation sites is 4. The minimum absolute atomic E-state index is 0.0356. The Balaban J connectivity index is 1.07. The standard InChI is InChI=1S/C58H38N6/c1-37-29-31-48-49-36-43(63-52-27-11-7-23-46(52)47-24-8-12-28-53(47)63)30-32-54(49)64(55(48)33-37)42-20-14-18-40(35-42)58-60-56(38-15-3-2-4-16-38)59-57(61-58)39-17-13-19-41(34-39)62-50-25-9-5-21-44(50)45-22-6-10-26-51(45)62/h2-36H,1H3/i7D,8D,11D,12D,23D,24D,27D,28D,29D,30D,31D,32D,33D,36D. The van der Waals surface area contributed by atoms with Gasteiger partial charge in [0.25, 0.3) is 0 Å². The van der Waals surface area contributed by atoms with Gasteiger partial charge in [-0.15, -0.1) is 0 Å². The molecule has 0 aliphatic rings. The molecule has 0 radical (unpaired) electrons. The lowest BCUT2D eigenvalue weighted by Gasteiger charge is -2.13. The number of hydrogen-bond donors (Lipinski definition) is 0. The number of rotatable bonds is 6. The Labute approximate surface area is 388 Å². The molecular weight excluding hydrogens is 781 g/mol. The third kappa shape index (κ3) is 5.63. The monoisotopic (exact) mass is 832 g/mol. The fraction of sp³-hybridized carbons (Fsp3) is 0.0172. The first-order chi connectivity index (χ1) is 37.5. The van der Waals surface area contributed by atoms with Crippen molar-refractivity contribution in [3.63, 3.8) is 0 Å². The lowest BCUT2D eigenvalue weighted by Crippen LogP contribution is -2.02. The van der Waals surface area contributed by atoms with E-state index < -0.39 is 78.2 Å². The average molecular weight is 833 g/mol. The van der Waals surface area contributed by atoms with Crippen LogP contribution < -0.4 is 0 Å². The Morgan fingerprint density at radius 3 is 1.45 bits per heavy atom. The van der Waals surface area contributed by atoms with Crippen LogP contribution in [0.4, 0.5) is 0 Å². The zero-order chi connectivity index (χ0) is 54.5.